The molecule has 3 aromatic rings. The third kappa shape index (κ3) is 8.11. The lowest BCUT2D eigenvalue weighted by Gasteiger charge is -2.36. The smallest absolute Gasteiger partial charge is 0.164 e. The maximum atomic E-state index is 14.3. The lowest BCUT2D eigenvalue weighted by molar-refractivity contribution is 0.0721. The predicted molar refractivity (Wildman–Crippen MR) is 231 cm³/mol. The fraction of sp³-hybridized carbons (Fsp3) is 0.500. The molecule has 17 heteroatoms. The summed E-state index contributed by atoms with van der Waals surface area (Å²) >= 11 is 4.91. The Hall–Kier alpha value is -3.35. The monoisotopic (exact) mass is 876 g/mol. The van der Waals surface area contributed by atoms with Gasteiger partial charge < -0.3 is 31.4 Å². The SMILES string of the molecule is CC1=N[C@@]2(c3cc(N)cc(F)c3F)CO[C@H](CF)[C@H]2CS1.CC1=N[C@@]2(c3cc(N)ccc3F)CO[C@H](C)[C@H]2CS1.CC1=N[C@@]2(c3cc(N)ccc3F)CO[C@H](C)[C@H]2CS1. The standard InChI is InChI=1S/C14H15F3N2OS.2C14H17FN2OS/c1-7-19-14(6-20-12(4-15)10(14)5-21-7)9-2-8(18)3-11(16)13(9)17;2*1-8-12-6-19-9(2)17-14(12,7-18-8)11-5-10(16)3-4-13(11)15/h2-3,10,12H,4-6,18H2,1H3;2*3-5,8,12H,6-7,16H2,1-2H3/t10-,12-,14-;2*8-,12-,14-/m111/s1. The Labute approximate surface area is 354 Å². The third-order valence-electron chi connectivity index (χ3n) is 12.1. The molecule has 318 valence electrons. The highest BCUT2D eigenvalue weighted by atomic mass is 32.2. The summed E-state index contributed by atoms with van der Waals surface area (Å²) in [6, 6.07) is 11.7. The van der Waals surface area contributed by atoms with E-state index in [9.17, 15) is 22.0 Å². The lowest BCUT2D eigenvalue weighted by atomic mass is 9.78. The van der Waals surface area contributed by atoms with Crippen LogP contribution in [0.5, 0.6) is 0 Å². The molecular formula is C42H49F5N6O3S3. The molecule has 3 aromatic carbocycles. The van der Waals surface area contributed by atoms with E-state index in [1.807, 2.05) is 27.7 Å². The van der Waals surface area contributed by atoms with Crippen molar-refractivity contribution in [3.05, 3.63) is 88.5 Å². The van der Waals surface area contributed by atoms with Gasteiger partial charge in [0.1, 0.15) is 34.9 Å². The molecule has 3 saturated heterocycles. The van der Waals surface area contributed by atoms with Gasteiger partial charge in [-0.25, -0.2) is 22.0 Å². The first-order valence-corrected chi connectivity index (χ1v) is 22.3. The van der Waals surface area contributed by atoms with Crippen LogP contribution in [-0.2, 0) is 30.8 Å². The molecule has 6 heterocycles. The van der Waals surface area contributed by atoms with Crippen molar-refractivity contribution in [3.63, 3.8) is 0 Å². The second kappa shape index (κ2) is 17.2. The van der Waals surface area contributed by atoms with Crippen LogP contribution in [0, 0.1) is 41.0 Å². The van der Waals surface area contributed by atoms with Gasteiger partial charge in [-0.3, -0.25) is 15.0 Å². The van der Waals surface area contributed by atoms with Crippen LogP contribution >= 0.6 is 35.3 Å². The molecular weight excluding hydrogens is 828 g/mol. The van der Waals surface area contributed by atoms with Crippen LogP contribution in [0.2, 0.25) is 0 Å². The van der Waals surface area contributed by atoms with Gasteiger partial charge in [-0.15, -0.1) is 35.3 Å². The van der Waals surface area contributed by atoms with Crippen LogP contribution in [0.25, 0.3) is 0 Å². The molecule has 3 fully saturated rings. The number of nitrogens with two attached hydrogens (primary N) is 3. The minimum Gasteiger partial charge on any atom is -0.399 e. The molecule has 9 atom stereocenters. The largest absolute Gasteiger partial charge is 0.399 e. The minimum atomic E-state index is -1.09. The first-order valence-electron chi connectivity index (χ1n) is 19.4. The molecule has 6 aliphatic rings. The summed E-state index contributed by atoms with van der Waals surface area (Å²) < 4.78 is 86.7. The summed E-state index contributed by atoms with van der Waals surface area (Å²) in [5.41, 5.74) is 17.4. The Morgan fingerprint density at radius 2 is 0.983 bits per heavy atom. The average Bonchev–Trinajstić information content (AvgIpc) is 3.86. The van der Waals surface area contributed by atoms with E-state index in [4.69, 9.17) is 41.4 Å². The van der Waals surface area contributed by atoms with Crippen LogP contribution in [0.15, 0.2) is 63.5 Å². The van der Waals surface area contributed by atoms with Gasteiger partial charge in [0.15, 0.2) is 11.6 Å². The molecule has 0 aliphatic carbocycles. The van der Waals surface area contributed by atoms with Crippen LogP contribution < -0.4 is 17.2 Å². The second-order valence-corrected chi connectivity index (χ2v) is 19.4. The van der Waals surface area contributed by atoms with Crippen molar-refractivity contribution < 1.29 is 36.2 Å². The number of rotatable bonds is 4. The molecule has 0 radical (unpaired) electrons. The van der Waals surface area contributed by atoms with Crippen molar-refractivity contribution in [1.82, 2.24) is 0 Å². The van der Waals surface area contributed by atoms with E-state index in [-0.39, 0.29) is 59.5 Å². The number of nitrogen functional groups attached to an aromatic ring is 3. The van der Waals surface area contributed by atoms with Crippen molar-refractivity contribution in [1.29, 1.82) is 0 Å². The summed E-state index contributed by atoms with van der Waals surface area (Å²) in [6.07, 6.45) is -0.478. The molecule has 0 unspecified atom stereocenters. The number of halogens is 5. The Kier molecular flexibility index (Phi) is 12.7. The summed E-state index contributed by atoms with van der Waals surface area (Å²) in [7, 11) is 0. The van der Waals surface area contributed by atoms with Crippen molar-refractivity contribution in [2.24, 2.45) is 32.7 Å². The summed E-state index contributed by atoms with van der Waals surface area (Å²) in [5.74, 6) is -0.0915. The molecule has 0 spiro atoms. The van der Waals surface area contributed by atoms with Gasteiger partial charge >= 0.3 is 0 Å². The number of anilines is 3. The van der Waals surface area contributed by atoms with E-state index >= 15 is 0 Å². The average molecular weight is 877 g/mol. The third-order valence-corrected chi connectivity index (χ3v) is 15.2. The number of alkyl halides is 1. The fourth-order valence-electron chi connectivity index (χ4n) is 9.05. The topological polar surface area (TPSA) is 143 Å². The zero-order valence-corrected chi connectivity index (χ0v) is 35.9. The first-order chi connectivity index (χ1) is 28.0. The highest BCUT2D eigenvalue weighted by Gasteiger charge is 2.55. The van der Waals surface area contributed by atoms with Crippen molar-refractivity contribution in [2.45, 2.75) is 69.5 Å². The Balaban J connectivity index is 0.000000134. The predicted octanol–water partition coefficient (Wildman–Crippen LogP) is 8.50. The summed E-state index contributed by atoms with van der Waals surface area (Å²) in [6.45, 7) is 10.0. The number of fused-ring (bicyclic) bond motifs is 3. The number of aliphatic imine (C=N–C) groups is 3. The van der Waals surface area contributed by atoms with Crippen LogP contribution in [0.4, 0.5) is 39.0 Å². The van der Waals surface area contributed by atoms with E-state index < -0.39 is 41.0 Å². The van der Waals surface area contributed by atoms with Crippen LogP contribution in [0.3, 0.4) is 0 Å². The van der Waals surface area contributed by atoms with E-state index in [2.05, 4.69) is 4.99 Å². The normalized spacial score (nSPS) is 33.2. The molecule has 6 N–H and O–H groups in total. The maximum Gasteiger partial charge on any atom is 0.164 e. The summed E-state index contributed by atoms with van der Waals surface area (Å²) in [5, 5.41) is 2.71. The number of hydrogen-bond donors (Lipinski definition) is 3. The highest BCUT2D eigenvalue weighted by Crippen LogP contribution is 2.51. The Bertz CT molecular complexity index is 2090. The molecule has 6 aliphatic heterocycles. The van der Waals surface area contributed by atoms with Crippen LogP contribution in [0.1, 0.15) is 51.3 Å². The molecule has 9 rings (SSSR count). The first kappa shape index (κ1) is 43.7. The highest BCUT2D eigenvalue weighted by molar-refractivity contribution is 8.14. The van der Waals surface area contributed by atoms with Gasteiger partial charge in [-0.05, 0) is 83.1 Å². The number of hydrogen-bond acceptors (Lipinski definition) is 12. The van der Waals surface area contributed by atoms with Gasteiger partial charge in [0.25, 0.3) is 0 Å². The second-order valence-electron chi connectivity index (χ2n) is 15.8. The molecule has 59 heavy (non-hydrogen) atoms. The van der Waals surface area contributed by atoms with Crippen molar-refractivity contribution in [2.75, 3.05) is 61.0 Å². The Morgan fingerprint density at radius 1 is 0.576 bits per heavy atom. The zero-order valence-electron chi connectivity index (χ0n) is 33.4. The summed E-state index contributed by atoms with van der Waals surface area (Å²) in [4.78, 5) is 14.0. The van der Waals surface area contributed by atoms with Gasteiger partial charge in [0.2, 0.25) is 0 Å². The van der Waals surface area contributed by atoms with Crippen molar-refractivity contribution in [3.8, 4) is 0 Å². The lowest BCUT2D eigenvalue weighted by Crippen LogP contribution is -2.41. The molecule has 0 bridgehead atoms. The number of thioether (sulfide) groups is 3. The fourth-order valence-corrected chi connectivity index (χ4v) is 12.6. The number of nitrogens with zero attached hydrogens (tertiary/aromatic N) is 3. The molecule has 9 nitrogen and oxygen atoms in total. The van der Waals surface area contributed by atoms with E-state index in [0.717, 1.165) is 32.7 Å². The number of ether oxygens (including phenoxy) is 3. The van der Waals surface area contributed by atoms with Gasteiger partial charge in [-0.2, -0.15) is 0 Å². The number of benzene rings is 3. The molecule has 0 aromatic heterocycles. The molecule has 0 saturated carbocycles. The maximum absolute atomic E-state index is 14.3. The Morgan fingerprint density at radius 3 is 1.44 bits per heavy atom. The van der Waals surface area contributed by atoms with Crippen LogP contribution in [-0.4, -0.2) is 77.2 Å². The van der Waals surface area contributed by atoms with E-state index in [1.54, 1.807) is 54.7 Å². The quantitative estimate of drug-likeness (QED) is 0.174. The van der Waals surface area contributed by atoms with E-state index in [0.29, 0.717) is 41.5 Å². The molecule has 0 amide bonds. The minimum absolute atomic E-state index is 0.0317. The zero-order chi connectivity index (χ0) is 42.4. The van der Waals surface area contributed by atoms with Gasteiger partial charge in [0.05, 0.1) is 53.3 Å². The van der Waals surface area contributed by atoms with Gasteiger partial charge in [0, 0.05) is 68.8 Å². The van der Waals surface area contributed by atoms with Crippen molar-refractivity contribution >= 4 is 67.5 Å². The van der Waals surface area contributed by atoms with Gasteiger partial charge in [-0.1, -0.05) is 0 Å². The van der Waals surface area contributed by atoms with E-state index in [1.165, 1.54) is 30.0 Å².